The number of hydrogen-bond donors (Lipinski definition) is 0. The van der Waals surface area contributed by atoms with Gasteiger partial charge in [0.05, 0.1) is 21.1 Å². The van der Waals surface area contributed by atoms with Crippen LogP contribution in [-0.2, 0) is 14.3 Å². The van der Waals surface area contributed by atoms with Gasteiger partial charge in [-0.1, -0.05) is 142 Å². The third kappa shape index (κ3) is 27.9. The molecule has 0 aromatic carbocycles. The first-order valence-corrected chi connectivity index (χ1v) is 16.3. The van der Waals surface area contributed by atoms with Crippen LogP contribution < -0.4 is 5.11 Å². The minimum Gasteiger partial charge on any atom is -0.550 e. The maximum absolute atomic E-state index is 12.2. The first-order chi connectivity index (χ1) is 18.1. The predicted molar refractivity (Wildman–Crippen MR) is 159 cm³/mol. The van der Waals surface area contributed by atoms with E-state index in [1.54, 1.807) is 0 Å². The predicted octanol–water partition coefficient (Wildman–Crippen LogP) is 7.98. The van der Waals surface area contributed by atoms with E-state index in [-0.39, 0.29) is 12.4 Å². The van der Waals surface area contributed by atoms with Crippen LogP contribution in [0.25, 0.3) is 0 Å². The molecule has 5 nitrogen and oxygen atoms in total. The van der Waals surface area contributed by atoms with Crippen molar-refractivity contribution in [1.82, 2.24) is 0 Å². The van der Waals surface area contributed by atoms with Gasteiger partial charge in [-0.3, -0.25) is 4.79 Å². The highest BCUT2D eigenvalue weighted by molar-refractivity contribution is 5.70. The lowest BCUT2D eigenvalue weighted by molar-refractivity contribution is -0.873. The summed E-state index contributed by atoms with van der Waals surface area (Å²) in [6, 6.07) is 0. The second-order valence-corrected chi connectivity index (χ2v) is 13.0. The molecule has 0 radical (unpaired) electrons. The summed E-state index contributed by atoms with van der Waals surface area (Å²) >= 11 is 0. The fourth-order valence-electron chi connectivity index (χ4n) is 5.31. The van der Waals surface area contributed by atoms with Crippen LogP contribution in [0.2, 0.25) is 0 Å². The van der Waals surface area contributed by atoms with Gasteiger partial charge in [-0.15, -0.1) is 0 Å². The number of ether oxygens (including phenoxy) is 1. The van der Waals surface area contributed by atoms with Gasteiger partial charge in [0.15, 0.2) is 6.10 Å². The quantitative estimate of drug-likeness (QED) is 0.0574. The average Bonchev–Trinajstić information content (AvgIpc) is 2.82. The summed E-state index contributed by atoms with van der Waals surface area (Å²) in [5, 5.41) is 11.0. The second kappa shape index (κ2) is 24.9. The van der Waals surface area contributed by atoms with Gasteiger partial charge in [-0.05, 0) is 12.3 Å². The number of carbonyl (C=O) groups excluding carboxylic acids is 2. The van der Waals surface area contributed by atoms with Crippen LogP contribution in [0.3, 0.4) is 0 Å². The average molecular weight is 540 g/mol. The lowest BCUT2D eigenvalue weighted by atomic mass is 9.96. The Morgan fingerprint density at radius 2 is 1.05 bits per heavy atom. The number of esters is 1. The van der Waals surface area contributed by atoms with Gasteiger partial charge in [0, 0.05) is 18.8 Å². The van der Waals surface area contributed by atoms with Crippen LogP contribution in [0.1, 0.15) is 162 Å². The number of nitrogens with zero attached hydrogens (tertiary/aromatic N) is 1. The van der Waals surface area contributed by atoms with Gasteiger partial charge < -0.3 is 19.1 Å². The number of hydrogen-bond acceptors (Lipinski definition) is 4. The molecule has 0 spiro atoms. The number of quaternary nitrogens is 1. The van der Waals surface area contributed by atoms with Crippen molar-refractivity contribution >= 4 is 11.9 Å². The summed E-state index contributed by atoms with van der Waals surface area (Å²) < 4.78 is 5.97. The van der Waals surface area contributed by atoms with Crippen molar-refractivity contribution in [3.63, 3.8) is 0 Å². The third-order valence-electron chi connectivity index (χ3n) is 7.57. The molecule has 2 atom stereocenters. The van der Waals surface area contributed by atoms with E-state index in [0.29, 0.717) is 17.4 Å². The van der Waals surface area contributed by atoms with E-state index in [4.69, 9.17) is 4.74 Å². The normalized spacial score (nSPS) is 13.4. The van der Waals surface area contributed by atoms with Crippen molar-refractivity contribution in [2.45, 2.75) is 168 Å². The summed E-state index contributed by atoms with van der Waals surface area (Å²) in [6.07, 6.45) is 27.7. The van der Waals surface area contributed by atoms with Crippen molar-refractivity contribution < 1.29 is 23.9 Å². The Morgan fingerprint density at radius 1 is 0.658 bits per heavy atom. The summed E-state index contributed by atoms with van der Waals surface area (Å²) in [5.41, 5.74) is 0. The number of rotatable bonds is 28. The van der Waals surface area contributed by atoms with Crippen LogP contribution in [0.15, 0.2) is 0 Å². The summed E-state index contributed by atoms with van der Waals surface area (Å²) in [5.74, 6) is -0.703. The molecular formula is C33H65NO4. The lowest BCUT2D eigenvalue weighted by Gasteiger charge is -2.29. The summed E-state index contributed by atoms with van der Waals surface area (Å²) in [6.45, 7) is 5.11. The van der Waals surface area contributed by atoms with E-state index in [1.807, 2.05) is 21.1 Å². The van der Waals surface area contributed by atoms with E-state index < -0.39 is 12.1 Å². The molecule has 5 heteroatoms. The van der Waals surface area contributed by atoms with Crippen molar-refractivity contribution in [3.8, 4) is 0 Å². The molecule has 0 amide bonds. The van der Waals surface area contributed by atoms with Crippen molar-refractivity contribution in [2.75, 3.05) is 27.7 Å². The van der Waals surface area contributed by atoms with Crippen LogP contribution >= 0.6 is 0 Å². The van der Waals surface area contributed by atoms with Crippen LogP contribution in [0.4, 0.5) is 0 Å². The number of likely N-dealkylation sites (N-methyl/N-ethyl adjacent to an activating group) is 1. The molecule has 0 aliphatic carbocycles. The maximum atomic E-state index is 12.2. The van der Waals surface area contributed by atoms with Crippen molar-refractivity contribution in [1.29, 1.82) is 0 Å². The Balaban J connectivity index is 3.53. The zero-order valence-corrected chi connectivity index (χ0v) is 26.2. The zero-order chi connectivity index (χ0) is 28.5. The SMILES string of the molecule is CCCCCCCCCCCCCCCCCCC(C)CCCCCC(=O)OC(CC(=O)[O-])C[N+](C)(C)C. The van der Waals surface area contributed by atoms with Crippen molar-refractivity contribution in [3.05, 3.63) is 0 Å². The van der Waals surface area contributed by atoms with Gasteiger partial charge in [0.25, 0.3) is 0 Å². The molecule has 0 aliphatic rings. The maximum Gasteiger partial charge on any atom is 0.306 e. The second-order valence-electron chi connectivity index (χ2n) is 13.0. The Morgan fingerprint density at radius 3 is 1.45 bits per heavy atom. The van der Waals surface area contributed by atoms with Crippen LogP contribution in [0, 0.1) is 5.92 Å². The Hall–Kier alpha value is -1.10. The first-order valence-electron chi connectivity index (χ1n) is 16.3. The molecule has 0 aliphatic heterocycles. The van der Waals surface area contributed by atoms with E-state index in [9.17, 15) is 14.7 Å². The highest BCUT2D eigenvalue weighted by Crippen LogP contribution is 2.19. The molecule has 0 aromatic heterocycles. The summed E-state index contributed by atoms with van der Waals surface area (Å²) in [7, 11) is 5.87. The standard InChI is InChI=1S/C33H65NO4/c1-6-7-8-9-10-11-12-13-14-15-16-17-18-19-20-22-25-30(2)26-23-21-24-27-33(37)38-31(28-32(35)36)29-34(3,4)5/h30-31H,6-29H2,1-5H3. The Bertz CT molecular complexity index is 558. The fourth-order valence-corrected chi connectivity index (χ4v) is 5.31. The molecule has 38 heavy (non-hydrogen) atoms. The minimum absolute atomic E-state index is 0.238. The molecule has 0 heterocycles. The molecule has 0 bridgehead atoms. The van der Waals surface area contributed by atoms with E-state index in [2.05, 4.69) is 13.8 Å². The smallest absolute Gasteiger partial charge is 0.306 e. The fraction of sp³-hybridized carbons (Fsp3) is 0.939. The number of carboxylic acid groups (broad SMARTS) is 1. The first kappa shape index (κ1) is 36.9. The highest BCUT2D eigenvalue weighted by atomic mass is 16.5. The number of carboxylic acids is 1. The molecule has 0 aromatic rings. The molecule has 0 N–H and O–H groups in total. The van der Waals surface area contributed by atoms with Crippen molar-refractivity contribution in [2.24, 2.45) is 5.92 Å². The molecule has 0 rings (SSSR count). The minimum atomic E-state index is -1.17. The largest absolute Gasteiger partial charge is 0.550 e. The van der Waals surface area contributed by atoms with Gasteiger partial charge in [-0.2, -0.15) is 0 Å². The highest BCUT2D eigenvalue weighted by Gasteiger charge is 2.22. The Labute approximate surface area is 237 Å². The van der Waals surface area contributed by atoms with E-state index >= 15 is 0 Å². The Kier molecular flexibility index (Phi) is 24.2. The third-order valence-corrected chi connectivity index (χ3v) is 7.57. The van der Waals surface area contributed by atoms with Gasteiger partial charge >= 0.3 is 5.97 Å². The molecule has 2 unspecified atom stereocenters. The number of unbranched alkanes of at least 4 members (excludes halogenated alkanes) is 17. The van der Waals surface area contributed by atoms with Crippen LogP contribution in [-0.4, -0.2) is 50.2 Å². The topological polar surface area (TPSA) is 66.4 Å². The number of aliphatic carboxylic acids is 1. The van der Waals surface area contributed by atoms with Crippen LogP contribution in [0.5, 0.6) is 0 Å². The lowest BCUT2D eigenvalue weighted by Crippen LogP contribution is -2.45. The molecule has 0 saturated heterocycles. The zero-order valence-electron chi connectivity index (χ0n) is 26.2. The van der Waals surface area contributed by atoms with E-state index in [1.165, 1.54) is 116 Å². The number of carbonyl (C=O) groups is 2. The molecule has 0 fully saturated rings. The van der Waals surface area contributed by atoms with Gasteiger partial charge in [0.1, 0.15) is 6.54 Å². The van der Waals surface area contributed by atoms with Gasteiger partial charge in [0.2, 0.25) is 0 Å². The van der Waals surface area contributed by atoms with Gasteiger partial charge in [-0.25, -0.2) is 0 Å². The molecular weight excluding hydrogens is 474 g/mol. The molecule has 0 saturated carbocycles. The monoisotopic (exact) mass is 539 g/mol. The van der Waals surface area contributed by atoms with E-state index in [0.717, 1.165) is 25.2 Å². The molecule has 226 valence electrons. The summed E-state index contributed by atoms with van der Waals surface area (Å²) in [4.78, 5) is 23.1.